The maximum Gasteiger partial charge on any atom is 0.352 e. The van der Waals surface area contributed by atoms with Crippen LogP contribution < -0.4 is 0 Å². The van der Waals surface area contributed by atoms with Gasteiger partial charge >= 0.3 is 5.97 Å². The fourth-order valence-corrected chi connectivity index (χ4v) is 0.558. The SMILES string of the molecule is COC=C(C#N)C(=O)OCC(C)C. The molecule has 0 aliphatic heterocycles. The van der Waals surface area contributed by atoms with Crippen molar-refractivity contribution in [3.63, 3.8) is 0 Å². The van der Waals surface area contributed by atoms with Crippen LogP contribution in [0.1, 0.15) is 13.8 Å². The normalized spacial score (nSPS) is 10.8. The Bertz CT molecular complexity index is 238. The minimum absolute atomic E-state index is 0.122. The third-order valence-corrected chi connectivity index (χ3v) is 1.12. The van der Waals surface area contributed by atoms with Gasteiger partial charge in [0.1, 0.15) is 12.3 Å². The number of rotatable bonds is 4. The number of esters is 1. The molecule has 0 rings (SSSR count). The summed E-state index contributed by atoms with van der Waals surface area (Å²) in [6.45, 7) is 4.14. The number of nitrogens with zero attached hydrogens (tertiary/aromatic N) is 1. The summed E-state index contributed by atoms with van der Waals surface area (Å²) in [7, 11) is 1.37. The van der Waals surface area contributed by atoms with Crippen LogP contribution >= 0.6 is 0 Å². The van der Waals surface area contributed by atoms with Crippen molar-refractivity contribution in [2.75, 3.05) is 13.7 Å². The summed E-state index contributed by atoms with van der Waals surface area (Å²) in [6.07, 6.45) is 1.07. The lowest BCUT2D eigenvalue weighted by Crippen LogP contribution is -2.11. The first-order valence-corrected chi connectivity index (χ1v) is 3.92. The topological polar surface area (TPSA) is 59.3 Å². The van der Waals surface area contributed by atoms with Crippen molar-refractivity contribution >= 4 is 5.97 Å². The molecule has 0 N–H and O–H groups in total. The number of nitriles is 1. The van der Waals surface area contributed by atoms with E-state index >= 15 is 0 Å². The van der Waals surface area contributed by atoms with Crippen LogP contribution in [0.5, 0.6) is 0 Å². The van der Waals surface area contributed by atoms with Gasteiger partial charge in [0.05, 0.1) is 13.7 Å². The Kier molecular flexibility index (Phi) is 5.37. The zero-order valence-corrected chi connectivity index (χ0v) is 8.03. The molecule has 0 spiro atoms. The lowest BCUT2D eigenvalue weighted by atomic mass is 10.2. The van der Waals surface area contributed by atoms with Crippen molar-refractivity contribution in [2.24, 2.45) is 5.92 Å². The molecule has 4 heteroatoms. The Balaban J connectivity index is 4.10. The summed E-state index contributed by atoms with van der Waals surface area (Å²) in [6, 6.07) is 1.69. The largest absolute Gasteiger partial charge is 0.503 e. The van der Waals surface area contributed by atoms with Gasteiger partial charge in [0.15, 0.2) is 5.57 Å². The van der Waals surface area contributed by atoms with Crippen molar-refractivity contribution < 1.29 is 14.3 Å². The first-order chi connectivity index (χ1) is 6.11. The van der Waals surface area contributed by atoms with E-state index in [-0.39, 0.29) is 11.5 Å². The van der Waals surface area contributed by atoms with E-state index in [9.17, 15) is 4.79 Å². The van der Waals surface area contributed by atoms with E-state index in [0.29, 0.717) is 6.61 Å². The third kappa shape index (κ3) is 4.86. The highest BCUT2D eigenvalue weighted by molar-refractivity contribution is 5.92. The first-order valence-electron chi connectivity index (χ1n) is 3.92. The summed E-state index contributed by atoms with van der Waals surface area (Å²) in [4.78, 5) is 11.1. The molecular weight excluding hydrogens is 170 g/mol. The molecule has 0 aromatic heterocycles. The molecule has 0 aromatic rings. The Morgan fingerprint density at radius 1 is 1.62 bits per heavy atom. The molecule has 0 heterocycles. The van der Waals surface area contributed by atoms with Crippen LogP contribution in [0.4, 0.5) is 0 Å². The molecule has 72 valence electrons. The quantitative estimate of drug-likeness (QED) is 0.285. The van der Waals surface area contributed by atoms with Crippen molar-refractivity contribution in [1.29, 1.82) is 5.26 Å². The number of carbonyl (C=O) groups excluding carboxylic acids is 1. The predicted molar refractivity (Wildman–Crippen MR) is 46.5 cm³/mol. The molecule has 0 atom stereocenters. The van der Waals surface area contributed by atoms with Crippen molar-refractivity contribution in [2.45, 2.75) is 13.8 Å². The van der Waals surface area contributed by atoms with Gasteiger partial charge in [-0.15, -0.1) is 0 Å². The summed E-state index contributed by atoms with van der Waals surface area (Å²) in [5.74, 6) is -0.385. The molecule has 13 heavy (non-hydrogen) atoms. The minimum atomic E-state index is -0.641. The standard InChI is InChI=1S/C9H13NO3/c1-7(2)5-13-9(11)8(4-10)6-12-3/h6-7H,5H2,1-3H3. The van der Waals surface area contributed by atoms with Gasteiger partial charge in [-0.2, -0.15) is 5.26 Å². The smallest absolute Gasteiger partial charge is 0.352 e. The number of hydrogen-bond acceptors (Lipinski definition) is 4. The van der Waals surface area contributed by atoms with Gasteiger partial charge in [-0.25, -0.2) is 4.79 Å². The molecule has 0 amide bonds. The number of hydrogen-bond donors (Lipinski definition) is 0. The van der Waals surface area contributed by atoms with E-state index < -0.39 is 5.97 Å². The van der Waals surface area contributed by atoms with Crippen LogP contribution in [0.2, 0.25) is 0 Å². The highest BCUT2D eigenvalue weighted by Crippen LogP contribution is 2.00. The maximum atomic E-state index is 11.1. The van der Waals surface area contributed by atoms with E-state index in [0.717, 1.165) is 6.26 Å². The molecule has 0 saturated carbocycles. The fourth-order valence-electron chi connectivity index (χ4n) is 0.558. The second kappa shape index (κ2) is 6.06. The lowest BCUT2D eigenvalue weighted by Gasteiger charge is -2.05. The molecule has 0 bridgehead atoms. The molecule has 4 nitrogen and oxygen atoms in total. The van der Waals surface area contributed by atoms with Gasteiger partial charge < -0.3 is 9.47 Å². The van der Waals surface area contributed by atoms with Gasteiger partial charge in [-0.3, -0.25) is 0 Å². The summed E-state index contributed by atoms with van der Waals surface area (Å²) in [5.41, 5.74) is -0.122. The molecule has 0 radical (unpaired) electrons. The van der Waals surface area contributed by atoms with E-state index in [1.54, 1.807) is 6.07 Å². The molecule has 0 aliphatic rings. The van der Waals surface area contributed by atoms with E-state index in [1.165, 1.54) is 7.11 Å². The fraction of sp³-hybridized carbons (Fsp3) is 0.556. The molecule has 0 aliphatic carbocycles. The molecule has 0 fully saturated rings. The molecular formula is C9H13NO3. The van der Waals surface area contributed by atoms with Crippen LogP contribution in [0, 0.1) is 17.2 Å². The second-order valence-electron chi connectivity index (χ2n) is 2.87. The average molecular weight is 183 g/mol. The summed E-state index contributed by atoms with van der Waals surface area (Å²) >= 11 is 0. The third-order valence-electron chi connectivity index (χ3n) is 1.12. The van der Waals surface area contributed by atoms with Crippen molar-refractivity contribution in [3.8, 4) is 6.07 Å². The van der Waals surface area contributed by atoms with E-state index in [2.05, 4.69) is 4.74 Å². The summed E-state index contributed by atoms with van der Waals surface area (Å²) in [5, 5.41) is 8.49. The lowest BCUT2D eigenvalue weighted by molar-refractivity contribution is -0.139. The van der Waals surface area contributed by atoms with E-state index in [4.69, 9.17) is 10.00 Å². The molecule has 0 saturated heterocycles. The number of ether oxygens (including phenoxy) is 2. The zero-order chi connectivity index (χ0) is 10.3. The van der Waals surface area contributed by atoms with Gasteiger partial charge in [0.2, 0.25) is 0 Å². The maximum absolute atomic E-state index is 11.1. The van der Waals surface area contributed by atoms with Crippen LogP contribution in [0.25, 0.3) is 0 Å². The Morgan fingerprint density at radius 2 is 2.23 bits per heavy atom. The summed E-state index contributed by atoms with van der Waals surface area (Å²) < 4.78 is 9.34. The number of methoxy groups -OCH3 is 1. The Morgan fingerprint density at radius 3 is 2.62 bits per heavy atom. The monoisotopic (exact) mass is 183 g/mol. The van der Waals surface area contributed by atoms with Crippen molar-refractivity contribution in [3.05, 3.63) is 11.8 Å². The van der Waals surface area contributed by atoms with Gasteiger partial charge in [-0.1, -0.05) is 13.8 Å². The van der Waals surface area contributed by atoms with Crippen LogP contribution in [0.3, 0.4) is 0 Å². The van der Waals surface area contributed by atoms with Gasteiger partial charge in [-0.05, 0) is 5.92 Å². The Labute approximate surface area is 77.8 Å². The minimum Gasteiger partial charge on any atom is -0.503 e. The van der Waals surface area contributed by atoms with Gasteiger partial charge in [0, 0.05) is 0 Å². The number of carbonyl (C=O) groups is 1. The molecule has 0 aromatic carbocycles. The predicted octanol–water partition coefficient (Wildman–Crippen LogP) is 1.24. The first kappa shape index (κ1) is 11.5. The average Bonchev–Trinajstić information content (AvgIpc) is 2.10. The highest BCUT2D eigenvalue weighted by Gasteiger charge is 2.11. The van der Waals surface area contributed by atoms with Crippen molar-refractivity contribution in [1.82, 2.24) is 0 Å². The van der Waals surface area contributed by atoms with Crippen LogP contribution in [-0.2, 0) is 14.3 Å². The second-order valence-corrected chi connectivity index (χ2v) is 2.87. The van der Waals surface area contributed by atoms with Gasteiger partial charge in [0.25, 0.3) is 0 Å². The Hall–Kier alpha value is -1.50. The molecule has 0 unspecified atom stereocenters. The van der Waals surface area contributed by atoms with Crippen LogP contribution in [-0.4, -0.2) is 19.7 Å². The highest BCUT2D eigenvalue weighted by atomic mass is 16.5. The van der Waals surface area contributed by atoms with E-state index in [1.807, 2.05) is 13.8 Å². The van der Waals surface area contributed by atoms with Crippen LogP contribution in [0.15, 0.2) is 11.8 Å². The zero-order valence-electron chi connectivity index (χ0n) is 8.03.